The molecule has 0 atom stereocenters. The third-order valence-corrected chi connectivity index (χ3v) is 3.69. The molecule has 1 saturated carbocycles. The number of hydrogen-bond acceptors (Lipinski definition) is 3. The van der Waals surface area contributed by atoms with Gasteiger partial charge in [-0.25, -0.2) is 0 Å². The summed E-state index contributed by atoms with van der Waals surface area (Å²) in [5.74, 6) is 0.162. The molecule has 0 saturated heterocycles. The molecule has 1 aromatic carbocycles. The Hall–Kier alpha value is -1.55. The highest BCUT2D eigenvalue weighted by molar-refractivity contribution is 6.01. The van der Waals surface area contributed by atoms with E-state index >= 15 is 0 Å². The minimum atomic E-state index is 0.00558. The van der Waals surface area contributed by atoms with Crippen molar-refractivity contribution < 1.29 is 4.79 Å². The van der Waals surface area contributed by atoms with Crippen LogP contribution in [0.4, 0.5) is 11.4 Å². The van der Waals surface area contributed by atoms with Crippen molar-refractivity contribution in [2.75, 3.05) is 23.8 Å². The highest BCUT2D eigenvalue weighted by atomic mass is 16.2. The van der Waals surface area contributed by atoms with Crippen molar-refractivity contribution in [1.82, 2.24) is 0 Å². The van der Waals surface area contributed by atoms with E-state index in [1.165, 1.54) is 0 Å². The van der Waals surface area contributed by atoms with E-state index in [0.717, 1.165) is 36.3 Å². The fraction of sp³-hybridized carbons (Fsp3) is 0.462. The first-order valence-electron chi connectivity index (χ1n) is 6.00. The van der Waals surface area contributed by atoms with Gasteiger partial charge in [-0.1, -0.05) is 0 Å². The Balaban J connectivity index is 1.75. The van der Waals surface area contributed by atoms with Gasteiger partial charge in [0.2, 0.25) is 5.91 Å². The van der Waals surface area contributed by atoms with Crippen LogP contribution in [0.3, 0.4) is 0 Å². The average Bonchev–Trinajstić information content (AvgIpc) is 2.98. The van der Waals surface area contributed by atoms with Gasteiger partial charge in [0.05, 0.1) is 6.42 Å². The molecule has 90 valence electrons. The molecule has 0 unspecified atom stereocenters. The molecule has 3 rings (SSSR count). The lowest BCUT2D eigenvalue weighted by atomic mass is 10.1. The predicted octanol–water partition coefficient (Wildman–Crippen LogP) is 1.11. The number of likely N-dealkylation sites (N-methyl/N-ethyl adjacent to an activating group) is 1. The molecular formula is C13H17N3O. The summed E-state index contributed by atoms with van der Waals surface area (Å²) in [5, 5.41) is 3.35. The second-order valence-corrected chi connectivity index (χ2v) is 5.19. The van der Waals surface area contributed by atoms with Gasteiger partial charge >= 0.3 is 0 Å². The van der Waals surface area contributed by atoms with Crippen molar-refractivity contribution in [3.63, 3.8) is 0 Å². The van der Waals surface area contributed by atoms with Crippen molar-refractivity contribution in [3.05, 3.63) is 23.8 Å². The van der Waals surface area contributed by atoms with Gasteiger partial charge in [-0.15, -0.1) is 0 Å². The number of fused-ring (bicyclic) bond motifs is 1. The zero-order valence-corrected chi connectivity index (χ0v) is 9.99. The molecule has 1 amide bonds. The minimum absolute atomic E-state index is 0.00558. The van der Waals surface area contributed by atoms with E-state index in [2.05, 4.69) is 11.4 Å². The number of amides is 1. The van der Waals surface area contributed by atoms with Crippen molar-refractivity contribution in [2.24, 2.45) is 5.73 Å². The smallest absolute Gasteiger partial charge is 0.231 e. The maximum atomic E-state index is 11.6. The van der Waals surface area contributed by atoms with E-state index in [4.69, 9.17) is 5.73 Å². The molecule has 3 N–H and O–H groups in total. The third-order valence-electron chi connectivity index (χ3n) is 3.69. The second kappa shape index (κ2) is 3.47. The lowest BCUT2D eigenvalue weighted by Gasteiger charge is -2.14. The van der Waals surface area contributed by atoms with Crippen molar-refractivity contribution >= 4 is 17.3 Å². The number of rotatable bonds is 3. The highest BCUT2D eigenvalue weighted by Crippen LogP contribution is 2.33. The maximum Gasteiger partial charge on any atom is 0.231 e. The number of nitrogens with two attached hydrogens (primary N) is 1. The highest BCUT2D eigenvalue weighted by Gasteiger charge is 2.37. The first-order chi connectivity index (χ1) is 8.07. The predicted molar refractivity (Wildman–Crippen MR) is 68.2 cm³/mol. The van der Waals surface area contributed by atoms with E-state index in [1.54, 1.807) is 4.90 Å². The van der Waals surface area contributed by atoms with E-state index in [9.17, 15) is 4.79 Å². The standard InChI is InChI=1S/C13H17N3O/c1-16-11-3-2-10(6-9(11)7-12(16)17)15-8-13(14)4-5-13/h2-3,6,15H,4-5,7-8,14H2,1H3. The fourth-order valence-electron chi connectivity index (χ4n) is 2.20. The summed E-state index contributed by atoms with van der Waals surface area (Å²) in [5.41, 5.74) is 9.21. The van der Waals surface area contributed by atoms with Gasteiger partial charge in [0.15, 0.2) is 0 Å². The Kier molecular flexibility index (Phi) is 2.16. The van der Waals surface area contributed by atoms with Crippen LogP contribution in [0.15, 0.2) is 18.2 Å². The zero-order chi connectivity index (χ0) is 12.0. The number of carbonyl (C=O) groups is 1. The number of nitrogens with one attached hydrogen (secondary N) is 1. The van der Waals surface area contributed by atoms with Gasteiger partial charge in [-0.2, -0.15) is 0 Å². The summed E-state index contributed by atoms with van der Waals surface area (Å²) in [4.78, 5) is 13.3. The average molecular weight is 231 g/mol. The molecule has 0 aromatic heterocycles. The molecular weight excluding hydrogens is 214 g/mol. The molecule has 1 fully saturated rings. The van der Waals surface area contributed by atoms with Crippen LogP contribution in [-0.4, -0.2) is 25.0 Å². The number of carbonyl (C=O) groups excluding carboxylic acids is 1. The molecule has 4 nitrogen and oxygen atoms in total. The minimum Gasteiger partial charge on any atom is -0.383 e. The van der Waals surface area contributed by atoms with E-state index in [1.807, 2.05) is 19.2 Å². The van der Waals surface area contributed by atoms with E-state index in [-0.39, 0.29) is 11.4 Å². The summed E-state index contributed by atoms with van der Waals surface area (Å²) in [6.45, 7) is 0.815. The van der Waals surface area contributed by atoms with Gasteiger partial charge < -0.3 is 16.0 Å². The number of hydrogen-bond donors (Lipinski definition) is 2. The van der Waals surface area contributed by atoms with Gasteiger partial charge in [-0.3, -0.25) is 4.79 Å². The molecule has 1 aromatic rings. The van der Waals surface area contributed by atoms with Crippen molar-refractivity contribution in [3.8, 4) is 0 Å². The Bertz CT molecular complexity index is 480. The van der Waals surface area contributed by atoms with Gasteiger partial charge in [-0.05, 0) is 36.6 Å². The van der Waals surface area contributed by atoms with Crippen LogP contribution >= 0.6 is 0 Å². The molecule has 2 aliphatic rings. The Morgan fingerprint density at radius 1 is 1.47 bits per heavy atom. The fourth-order valence-corrected chi connectivity index (χ4v) is 2.20. The normalized spacial score (nSPS) is 20.4. The molecule has 17 heavy (non-hydrogen) atoms. The Labute approximate surface area is 101 Å². The van der Waals surface area contributed by atoms with Crippen LogP contribution < -0.4 is 16.0 Å². The Morgan fingerprint density at radius 3 is 2.94 bits per heavy atom. The third kappa shape index (κ3) is 1.89. The van der Waals surface area contributed by atoms with Crippen LogP contribution in [0, 0.1) is 0 Å². The number of anilines is 2. The topological polar surface area (TPSA) is 58.4 Å². The summed E-state index contributed by atoms with van der Waals surface area (Å²) < 4.78 is 0. The number of benzene rings is 1. The SMILES string of the molecule is CN1C(=O)Cc2cc(NCC3(N)CC3)ccc21. The van der Waals surface area contributed by atoms with Crippen molar-refractivity contribution in [1.29, 1.82) is 0 Å². The molecule has 4 heteroatoms. The first-order valence-corrected chi connectivity index (χ1v) is 6.00. The zero-order valence-electron chi connectivity index (χ0n) is 9.99. The molecule has 0 bridgehead atoms. The second-order valence-electron chi connectivity index (χ2n) is 5.19. The van der Waals surface area contributed by atoms with Crippen LogP contribution in [0.2, 0.25) is 0 Å². The Morgan fingerprint density at radius 2 is 2.24 bits per heavy atom. The van der Waals surface area contributed by atoms with Crippen LogP contribution in [0.25, 0.3) is 0 Å². The number of nitrogens with zero attached hydrogens (tertiary/aromatic N) is 1. The van der Waals surface area contributed by atoms with Crippen LogP contribution in [-0.2, 0) is 11.2 Å². The van der Waals surface area contributed by atoms with Crippen LogP contribution in [0.1, 0.15) is 18.4 Å². The molecule has 1 aliphatic carbocycles. The largest absolute Gasteiger partial charge is 0.383 e. The van der Waals surface area contributed by atoms with Crippen LogP contribution in [0.5, 0.6) is 0 Å². The monoisotopic (exact) mass is 231 g/mol. The summed E-state index contributed by atoms with van der Waals surface area (Å²) in [6.07, 6.45) is 2.72. The van der Waals surface area contributed by atoms with Gasteiger partial charge in [0.1, 0.15) is 0 Å². The van der Waals surface area contributed by atoms with E-state index in [0.29, 0.717) is 6.42 Å². The van der Waals surface area contributed by atoms with E-state index < -0.39 is 0 Å². The lowest BCUT2D eigenvalue weighted by molar-refractivity contribution is -0.117. The van der Waals surface area contributed by atoms with Gasteiger partial charge in [0.25, 0.3) is 0 Å². The molecule has 1 heterocycles. The van der Waals surface area contributed by atoms with Crippen molar-refractivity contribution in [2.45, 2.75) is 24.8 Å². The summed E-state index contributed by atoms with van der Waals surface area (Å²) >= 11 is 0. The quantitative estimate of drug-likeness (QED) is 0.819. The van der Waals surface area contributed by atoms with Gasteiger partial charge in [0, 0.05) is 30.5 Å². The maximum absolute atomic E-state index is 11.6. The first kappa shape index (κ1) is 10.6. The summed E-state index contributed by atoms with van der Waals surface area (Å²) in [6, 6.07) is 6.07. The molecule has 0 spiro atoms. The lowest BCUT2D eigenvalue weighted by Crippen LogP contribution is -2.31. The summed E-state index contributed by atoms with van der Waals surface area (Å²) in [7, 11) is 1.82. The molecule has 0 radical (unpaired) electrons. The molecule has 1 aliphatic heterocycles.